The van der Waals surface area contributed by atoms with Gasteiger partial charge in [-0.15, -0.1) is 0 Å². The number of morpholine rings is 1. The molecule has 3 heterocycles. The van der Waals surface area contributed by atoms with Crippen LogP contribution in [0.4, 0.5) is 0 Å². The highest BCUT2D eigenvalue weighted by molar-refractivity contribution is 5.81. The van der Waals surface area contributed by atoms with Crippen molar-refractivity contribution in [3.63, 3.8) is 0 Å². The van der Waals surface area contributed by atoms with Gasteiger partial charge in [0, 0.05) is 37.4 Å². The van der Waals surface area contributed by atoms with Crippen LogP contribution in [0.25, 0.3) is 10.9 Å². The van der Waals surface area contributed by atoms with Gasteiger partial charge in [0.1, 0.15) is 6.10 Å². The van der Waals surface area contributed by atoms with E-state index >= 15 is 0 Å². The topological polar surface area (TPSA) is 38.2 Å². The minimum absolute atomic E-state index is 0.0538. The quantitative estimate of drug-likeness (QED) is 0.745. The van der Waals surface area contributed by atoms with Crippen molar-refractivity contribution < 1.29 is 4.74 Å². The lowest BCUT2D eigenvalue weighted by Crippen LogP contribution is -2.38. The molecule has 4 nitrogen and oxygen atoms in total. The van der Waals surface area contributed by atoms with Gasteiger partial charge in [0.05, 0.1) is 17.8 Å². The zero-order chi connectivity index (χ0) is 15.5. The lowest BCUT2D eigenvalue weighted by Gasteiger charge is -2.32. The van der Waals surface area contributed by atoms with Crippen molar-refractivity contribution >= 4 is 10.9 Å². The number of para-hydroxylation sites is 1. The summed E-state index contributed by atoms with van der Waals surface area (Å²) in [5.41, 5.74) is 3.38. The Morgan fingerprint density at radius 3 is 2.83 bits per heavy atom. The Balaban J connectivity index is 1.54. The minimum Gasteiger partial charge on any atom is -0.369 e. The molecule has 1 atom stereocenters. The molecule has 0 spiro atoms. The summed E-state index contributed by atoms with van der Waals surface area (Å²) in [6.45, 7) is 3.47. The molecule has 0 aliphatic carbocycles. The molecule has 1 aliphatic heterocycles. The molecule has 0 unspecified atom stereocenters. The molecule has 1 aliphatic rings. The van der Waals surface area contributed by atoms with Crippen LogP contribution in [0.5, 0.6) is 0 Å². The molecule has 2 aromatic heterocycles. The molecule has 3 aromatic rings. The van der Waals surface area contributed by atoms with Crippen LogP contribution in [0, 0.1) is 0 Å². The fourth-order valence-electron chi connectivity index (χ4n) is 3.13. The Bertz CT molecular complexity index is 785. The highest BCUT2D eigenvalue weighted by Gasteiger charge is 2.23. The van der Waals surface area contributed by atoms with Gasteiger partial charge in [-0.3, -0.25) is 14.9 Å². The number of hydrogen-bond acceptors (Lipinski definition) is 4. The molecule has 23 heavy (non-hydrogen) atoms. The van der Waals surface area contributed by atoms with Crippen LogP contribution >= 0.6 is 0 Å². The SMILES string of the molecule is c1ccc([C@H]2CN(Cc3ccnc4ccccc34)CCO2)nc1. The molecule has 1 fully saturated rings. The second-order valence-electron chi connectivity index (χ2n) is 5.84. The lowest BCUT2D eigenvalue weighted by molar-refractivity contribution is -0.0348. The summed E-state index contributed by atoms with van der Waals surface area (Å²) in [6.07, 6.45) is 3.78. The molecule has 0 saturated carbocycles. The predicted octanol–water partition coefficient (Wildman–Crippen LogP) is 3.20. The van der Waals surface area contributed by atoms with E-state index in [2.05, 4.69) is 39.1 Å². The van der Waals surface area contributed by atoms with Crippen molar-refractivity contribution in [2.24, 2.45) is 0 Å². The molecule has 1 aromatic carbocycles. The van der Waals surface area contributed by atoms with Crippen molar-refractivity contribution in [3.8, 4) is 0 Å². The number of aromatic nitrogens is 2. The molecule has 1 saturated heterocycles. The van der Waals surface area contributed by atoms with E-state index in [9.17, 15) is 0 Å². The highest BCUT2D eigenvalue weighted by atomic mass is 16.5. The van der Waals surface area contributed by atoms with Crippen molar-refractivity contribution in [3.05, 3.63) is 72.2 Å². The second kappa shape index (κ2) is 6.44. The van der Waals surface area contributed by atoms with Crippen molar-refractivity contribution in [1.82, 2.24) is 14.9 Å². The largest absolute Gasteiger partial charge is 0.369 e. The molecule has 116 valence electrons. The van der Waals surface area contributed by atoms with E-state index in [1.165, 1.54) is 10.9 Å². The summed E-state index contributed by atoms with van der Waals surface area (Å²) in [5.74, 6) is 0. The molecular weight excluding hydrogens is 286 g/mol. The standard InChI is InChI=1S/C19H19N3O/c1-2-6-17-16(5-1)15(8-10-21-17)13-22-11-12-23-19(14-22)18-7-3-4-9-20-18/h1-10,19H,11-14H2/t19-/m1/s1. The van der Waals surface area contributed by atoms with E-state index in [0.717, 1.165) is 37.5 Å². The van der Waals surface area contributed by atoms with Gasteiger partial charge in [-0.25, -0.2) is 0 Å². The Hall–Kier alpha value is -2.30. The van der Waals surface area contributed by atoms with Gasteiger partial charge in [0.2, 0.25) is 0 Å². The van der Waals surface area contributed by atoms with Crippen LogP contribution in [-0.2, 0) is 11.3 Å². The minimum atomic E-state index is 0.0538. The third-order valence-electron chi connectivity index (χ3n) is 4.30. The predicted molar refractivity (Wildman–Crippen MR) is 90.0 cm³/mol. The van der Waals surface area contributed by atoms with E-state index in [4.69, 9.17) is 4.74 Å². The maximum atomic E-state index is 5.90. The summed E-state index contributed by atoms with van der Waals surface area (Å²) in [5, 5.41) is 1.23. The lowest BCUT2D eigenvalue weighted by atomic mass is 10.1. The molecule has 0 amide bonds. The summed E-state index contributed by atoms with van der Waals surface area (Å²) in [4.78, 5) is 11.3. The Labute approximate surface area is 135 Å². The maximum absolute atomic E-state index is 5.90. The second-order valence-corrected chi connectivity index (χ2v) is 5.84. The van der Waals surface area contributed by atoms with Crippen LogP contribution in [-0.4, -0.2) is 34.6 Å². The van der Waals surface area contributed by atoms with E-state index in [1.54, 1.807) is 0 Å². The molecule has 4 rings (SSSR count). The average molecular weight is 305 g/mol. The van der Waals surface area contributed by atoms with Gasteiger partial charge in [-0.2, -0.15) is 0 Å². The molecular formula is C19H19N3O. The number of fused-ring (bicyclic) bond motifs is 1. The summed E-state index contributed by atoms with van der Waals surface area (Å²) < 4.78 is 5.90. The van der Waals surface area contributed by atoms with Gasteiger partial charge in [-0.1, -0.05) is 24.3 Å². The Morgan fingerprint density at radius 1 is 1.00 bits per heavy atom. The first-order chi connectivity index (χ1) is 11.4. The van der Waals surface area contributed by atoms with Crippen LogP contribution in [0.1, 0.15) is 17.4 Å². The monoisotopic (exact) mass is 305 g/mol. The first-order valence-electron chi connectivity index (χ1n) is 7.98. The third-order valence-corrected chi connectivity index (χ3v) is 4.30. The van der Waals surface area contributed by atoms with E-state index in [1.807, 2.05) is 36.7 Å². The van der Waals surface area contributed by atoms with Gasteiger partial charge in [-0.05, 0) is 29.8 Å². The Morgan fingerprint density at radius 2 is 1.91 bits per heavy atom. The smallest absolute Gasteiger partial charge is 0.112 e. The highest BCUT2D eigenvalue weighted by Crippen LogP contribution is 2.23. The fraction of sp³-hybridized carbons (Fsp3) is 0.263. The first-order valence-corrected chi connectivity index (χ1v) is 7.98. The van der Waals surface area contributed by atoms with Gasteiger partial charge in [0.25, 0.3) is 0 Å². The van der Waals surface area contributed by atoms with Crippen LogP contribution < -0.4 is 0 Å². The van der Waals surface area contributed by atoms with Crippen LogP contribution in [0.2, 0.25) is 0 Å². The number of rotatable bonds is 3. The molecule has 4 heteroatoms. The maximum Gasteiger partial charge on any atom is 0.112 e. The zero-order valence-corrected chi connectivity index (χ0v) is 12.9. The van der Waals surface area contributed by atoms with Crippen molar-refractivity contribution in [2.45, 2.75) is 12.6 Å². The normalized spacial score (nSPS) is 19.0. The summed E-state index contributed by atoms with van der Waals surface area (Å²) >= 11 is 0. The number of ether oxygens (including phenoxy) is 1. The molecule has 0 N–H and O–H groups in total. The number of pyridine rings is 2. The number of hydrogen-bond donors (Lipinski definition) is 0. The van der Waals surface area contributed by atoms with Crippen LogP contribution in [0.3, 0.4) is 0 Å². The fourth-order valence-corrected chi connectivity index (χ4v) is 3.13. The summed E-state index contributed by atoms with van der Waals surface area (Å²) in [7, 11) is 0. The van der Waals surface area contributed by atoms with Crippen molar-refractivity contribution in [1.29, 1.82) is 0 Å². The average Bonchev–Trinajstić information content (AvgIpc) is 2.63. The Kier molecular flexibility index (Phi) is 4.01. The summed E-state index contributed by atoms with van der Waals surface area (Å²) in [6, 6.07) is 16.4. The van der Waals surface area contributed by atoms with Gasteiger partial charge < -0.3 is 4.74 Å². The van der Waals surface area contributed by atoms with Crippen LogP contribution in [0.15, 0.2) is 60.9 Å². The number of nitrogens with zero attached hydrogens (tertiary/aromatic N) is 3. The van der Waals surface area contributed by atoms with Gasteiger partial charge >= 0.3 is 0 Å². The van der Waals surface area contributed by atoms with E-state index < -0.39 is 0 Å². The van der Waals surface area contributed by atoms with Crippen molar-refractivity contribution in [2.75, 3.05) is 19.7 Å². The van der Waals surface area contributed by atoms with E-state index in [-0.39, 0.29) is 6.10 Å². The van der Waals surface area contributed by atoms with Gasteiger partial charge in [0.15, 0.2) is 0 Å². The zero-order valence-electron chi connectivity index (χ0n) is 12.9. The molecule has 0 radical (unpaired) electrons. The first kappa shape index (κ1) is 14.3. The van der Waals surface area contributed by atoms with E-state index in [0.29, 0.717) is 0 Å². The number of benzene rings is 1. The molecule has 0 bridgehead atoms. The third kappa shape index (κ3) is 3.09.